The molecule has 0 aromatic carbocycles. The van der Waals surface area contributed by atoms with Gasteiger partial charge in [-0.1, -0.05) is 32.3 Å². The van der Waals surface area contributed by atoms with E-state index in [9.17, 15) is 4.79 Å². The first kappa shape index (κ1) is 19.5. The average molecular weight is 302 g/mol. The van der Waals surface area contributed by atoms with Crippen LogP contribution in [-0.4, -0.2) is 35.9 Å². The molecule has 0 aliphatic rings. The van der Waals surface area contributed by atoms with Crippen LogP contribution in [0.5, 0.6) is 0 Å². The maximum atomic E-state index is 11.4. The lowest BCUT2D eigenvalue weighted by atomic mass is 10.1. The number of rotatable bonds is 13. The van der Waals surface area contributed by atoms with Gasteiger partial charge in [0.25, 0.3) is 0 Å². The summed E-state index contributed by atoms with van der Waals surface area (Å²) in [4.78, 5) is 11.4. The molecule has 118 valence electrons. The maximum absolute atomic E-state index is 11.4. The van der Waals surface area contributed by atoms with Crippen LogP contribution in [0.1, 0.15) is 51.9 Å². The van der Waals surface area contributed by atoms with Crippen molar-refractivity contribution in [3.8, 4) is 0 Å². The Morgan fingerprint density at radius 2 is 1.35 bits per heavy atom. The highest BCUT2D eigenvalue weighted by Gasteiger charge is 2.36. The molecule has 0 heterocycles. The van der Waals surface area contributed by atoms with Gasteiger partial charge in [-0.3, -0.25) is 4.79 Å². The number of ketones is 1. The normalized spacial score (nSPS) is 11.6. The van der Waals surface area contributed by atoms with Crippen LogP contribution in [0.4, 0.5) is 0 Å². The SMILES string of the molecule is C=C(C)C(=O)CCCCCCCC[Si](OC)(OC)OC. The quantitative estimate of drug-likeness (QED) is 0.295. The van der Waals surface area contributed by atoms with Crippen molar-refractivity contribution < 1.29 is 18.1 Å². The molecule has 0 aliphatic carbocycles. The Bertz CT molecular complexity index is 279. The van der Waals surface area contributed by atoms with Crippen molar-refractivity contribution >= 4 is 14.6 Å². The van der Waals surface area contributed by atoms with E-state index in [1.165, 1.54) is 12.8 Å². The van der Waals surface area contributed by atoms with Crippen LogP contribution >= 0.6 is 0 Å². The van der Waals surface area contributed by atoms with E-state index in [4.69, 9.17) is 13.3 Å². The van der Waals surface area contributed by atoms with Crippen molar-refractivity contribution in [3.63, 3.8) is 0 Å². The summed E-state index contributed by atoms with van der Waals surface area (Å²) in [6, 6.07) is 0.866. The summed E-state index contributed by atoms with van der Waals surface area (Å²) in [6.07, 6.45) is 7.29. The molecule has 0 aromatic heterocycles. The molecule has 4 nitrogen and oxygen atoms in total. The number of hydrogen-bond donors (Lipinski definition) is 0. The largest absolute Gasteiger partial charge is 0.500 e. The average Bonchev–Trinajstić information content (AvgIpc) is 2.46. The summed E-state index contributed by atoms with van der Waals surface area (Å²) in [7, 11) is 2.58. The van der Waals surface area contributed by atoms with E-state index in [1.807, 2.05) is 0 Å². The number of allylic oxidation sites excluding steroid dienone is 1. The van der Waals surface area contributed by atoms with Crippen LogP contribution in [0.3, 0.4) is 0 Å². The molecule has 0 amide bonds. The molecule has 0 N–H and O–H groups in total. The van der Waals surface area contributed by atoms with E-state index < -0.39 is 8.80 Å². The third kappa shape index (κ3) is 7.94. The molecular weight excluding hydrogens is 272 g/mol. The summed E-state index contributed by atoms with van der Waals surface area (Å²) >= 11 is 0. The number of carbonyl (C=O) groups excluding carboxylic acids is 1. The van der Waals surface area contributed by atoms with Gasteiger partial charge in [-0.15, -0.1) is 0 Å². The zero-order valence-corrected chi connectivity index (χ0v) is 14.5. The van der Waals surface area contributed by atoms with Crippen LogP contribution in [0.2, 0.25) is 6.04 Å². The van der Waals surface area contributed by atoms with Gasteiger partial charge in [-0.2, -0.15) is 0 Å². The monoisotopic (exact) mass is 302 g/mol. The molecule has 0 rings (SSSR count). The second kappa shape index (κ2) is 11.2. The highest BCUT2D eigenvalue weighted by atomic mass is 28.4. The Labute approximate surface area is 124 Å². The van der Waals surface area contributed by atoms with Crippen molar-refractivity contribution in [1.29, 1.82) is 0 Å². The molecule has 0 radical (unpaired) electrons. The third-order valence-electron chi connectivity index (χ3n) is 3.55. The topological polar surface area (TPSA) is 44.8 Å². The Morgan fingerprint density at radius 3 is 1.80 bits per heavy atom. The predicted octanol–water partition coefficient (Wildman–Crippen LogP) is 3.74. The number of Topliss-reactive ketones (excluding diaryl/α,β-unsaturated/α-hetero) is 1. The zero-order valence-electron chi connectivity index (χ0n) is 13.5. The minimum absolute atomic E-state index is 0.195. The lowest BCUT2D eigenvalue weighted by Gasteiger charge is -2.24. The smallest absolute Gasteiger partial charge is 0.377 e. The van der Waals surface area contributed by atoms with Crippen molar-refractivity contribution in [1.82, 2.24) is 0 Å². The van der Waals surface area contributed by atoms with Gasteiger partial charge in [0.15, 0.2) is 5.78 Å². The summed E-state index contributed by atoms with van der Waals surface area (Å²) < 4.78 is 16.1. The van der Waals surface area contributed by atoms with Crippen LogP contribution in [0.15, 0.2) is 12.2 Å². The fourth-order valence-electron chi connectivity index (χ4n) is 2.10. The van der Waals surface area contributed by atoms with Crippen molar-refractivity contribution in [3.05, 3.63) is 12.2 Å². The second-order valence-electron chi connectivity index (χ2n) is 5.12. The van der Waals surface area contributed by atoms with Gasteiger partial charge in [0.2, 0.25) is 0 Å². The van der Waals surface area contributed by atoms with E-state index in [2.05, 4.69) is 6.58 Å². The fraction of sp³-hybridized carbons (Fsp3) is 0.800. The van der Waals surface area contributed by atoms with Crippen LogP contribution in [0, 0.1) is 0 Å². The van der Waals surface area contributed by atoms with E-state index in [0.717, 1.165) is 31.7 Å². The Kier molecular flexibility index (Phi) is 10.9. The van der Waals surface area contributed by atoms with E-state index in [-0.39, 0.29) is 5.78 Å². The van der Waals surface area contributed by atoms with Gasteiger partial charge in [-0.25, -0.2) is 0 Å². The standard InChI is InChI=1S/C15H30O4Si/c1-14(2)15(16)12-10-8-6-7-9-11-13-20(17-3,18-4)19-5/h1,6-13H2,2-5H3. The minimum Gasteiger partial charge on any atom is -0.377 e. The summed E-state index contributed by atoms with van der Waals surface area (Å²) in [5.41, 5.74) is 0.671. The van der Waals surface area contributed by atoms with Gasteiger partial charge in [0.05, 0.1) is 0 Å². The van der Waals surface area contributed by atoms with Gasteiger partial charge < -0.3 is 13.3 Å². The number of hydrogen-bond acceptors (Lipinski definition) is 4. The van der Waals surface area contributed by atoms with Gasteiger partial charge in [0.1, 0.15) is 0 Å². The molecule has 5 heteroatoms. The Balaban J connectivity index is 3.54. The first-order valence-corrected chi connectivity index (χ1v) is 9.28. The molecule has 0 saturated carbocycles. The fourth-order valence-corrected chi connectivity index (χ4v) is 3.90. The summed E-state index contributed by atoms with van der Waals surface area (Å²) in [5, 5.41) is 0. The molecule has 0 aliphatic heterocycles. The maximum Gasteiger partial charge on any atom is 0.500 e. The van der Waals surface area contributed by atoms with Crippen LogP contribution < -0.4 is 0 Å². The van der Waals surface area contributed by atoms with E-state index in [1.54, 1.807) is 28.3 Å². The van der Waals surface area contributed by atoms with E-state index >= 15 is 0 Å². The molecule has 0 saturated heterocycles. The molecule has 0 aromatic rings. The second-order valence-corrected chi connectivity index (χ2v) is 8.21. The molecule has 20 heavy (non-hydrogen) atoms. The Morgan fingerprint density at radius 1 is 0.900 bits per heavy atom. The molecule has 0 spiro atoms. The molecular formula is C15H30O4Si. The predicted molar refractivity (Wildman–Crippen MR) is 83.7 cm³/mol. The molecule has 0 atom stereocenters. The van der Waals surface area contributed by atoms with Crippen molar-refractivity contribution in [2.24, 2.45) is 0 Å². The third-order valence-corrected chi connectivity index (χ3v) is 6.38. The van der Waals surface area contributed by atoms with Gasteiger partial charge in [-0.05, 0) is 25.3 Å². The first-order valence-electron chi connectivity index (χ1n) is 7.35. The van der Waals surface area contributed by atoms with Crippen LogP contribution in [-0.2, 0) is 18.1 Å². The molecule has 0 fully saturated rings. The molecule has 0 unspecified atom stereocenters. The van der Waals surface area contributed by atoms with Gasteiger partial charge in [0, 0.05) is 33.8 Å². The lowest BCUT2D eigenvalue weighted by Crippen LogP contribution is -2.42. The van der Waals surface area contributed by atoms with Gasteiger partial charge >= 0.3 is 8.80 Å². The minimum atomic E-state index is -2.37. The zero-order chi connectivity index (χ0) is 15.4. The lowest BCUT2D eigenvalue weighted by molar-refractivity contribution is -0.115. The Hall–Kier alpha value is -0.493. The highest BCUT2D eigenvalue weighted by molar-refractivity contribution is 6.60. The number of carbonyl (C=O) groups is 1. The number of unbranched alkanes of at least 4 members (excludes halogenated alkanes) is 5. The summed E-state index contributed by atoms with van der Waals surface area (Å²) in [5.74, 6) is 0.195. The highest BCUT2D eigenvalue weighted by Crippen LogP contribution is 2.18. The summed E-state index contributed by atoms with van der Waals surface area (Å²) in [6.45, 7) is 5.44. The first-order chi connectivity index (χ1) is 9.51. The van der Waals surface area contributed by atoms with Crippen molar-refractivity contribution in [2.45, 2.75) is 57.9 Å². The van der Waals surface area contributed by atoms with E-state index in [0.29, 0.717) is 12.0 Å². The van der Waals surface area contributed by atoms with Crippen LogP contribution in [0.25, 0.3) is 0 Å². The van der Waals surface area contributed by atoms with Crippen molar-refractivity contribution in [2.75, 3.05) is 21.3 Å². The molecule has 0 bridgehead atoms.